The molecule has 2 rings (SSSR count). The number of hydrogen-bond donors (Lipinski definition) is 1. The van der Waals surface area contributed by atoms with Gasteiger partial charge in [-0.05, 0) is 57.0 Å². The highest BCUT2D eigenvalue weighted by Gasteiger charge is 2.34. The Bertz CT molecular complexity index is 601. The second-order valence-corrected chi connectivity index (χ2v) is 8.05. The Morgan fingerprint density at radius 3 is 2.70 bits per heavy atom. The molecule has 1 unspecified atom stereocenters. The molecule has 0 radical (unpaired) electrons. The third-order valence-corrected chi connectivity index (χ3v) is 6.78. The molecular formula is C14H21BrN2O2S. The minimum Gasteiger partial charge on any atom is -0.316 e. The molecule has 0 aliphatic carbocycles. The lowest BCUT2D eigenvalue weighted by molar-refractivity contribution is 0.408. The van der Waals surface area contributed by atoms with Gasteiger partial charge < -0.3 is 5.32 Å². The first kappa shape index (κ1) is 15.9. The van der Waals surface area contributed by atoms with Crippen LogP contribution in [-0.4, -0.2) is 32.4 Å². The Hall–Kier alpha value is -0.430. The van der Waals surface area contributed by atoms with Gasteiger partial charge in [-0.15, -0.1) is 0 Å². The Morgan fingerprint density at radius 1 is 1.45 bits per heavy atom. The Balaban J connectivity index is 2.50. The number of nitrogens with zero attached hydrogens (tertiary/aromatic N) is 1. The average Bonchev–Trinajstić information content (AvgIpc) is 2.80. The molecule has 1 saturated heterocycles. The molecule has 0 aromatic heterocycles. The third kappa shape index (κ3) is 2.93. The van der Waals surface area contributed by atoms with Gasteiger partial charge in [0.25, 0.3) is 0 Å². The summed E-state index contributed by atoms with van der Waals surface area (Å²) in [6, 6.07) is 3.85. The topological polar surface area (TPSA) is 49.4 Å². The number of benzene rings is 1. The van der Waals surface area contributed by atoms with Crippen molar-refractivity contribution in [3.8, 4) is 0 Å². The van der Waals surface area contributed by atoms with E-state index < -0.39 is 10.0 Å². The lowest BCUT2D eigenvalue weighted by Gasteiger charge is -2.23. The van der Waals surface area contributed by atoms with E-state index in [9.17, 15) is 8.42 Å². The van der Waals surface area contributed by atoms with Crippen LogP contribution in [0.2, 0.25) is 0 Å². The van der Waals surface area contributed by atoms with Crippen molar-refractivity contribution in [3.05, 3.63) is 27.7 Å². The molecule has 1 aliphatic rings. The van der Waals surface area contributed by atoms with E-state index in [1.165, 1.54) is 0 Å². The molecule has 6 heteroatoms. The molecule has 1 N–H and O–H groups in total. The Morgan fingerprint density at radius 2 is 2.15 bits per heavy atom. The quantitative estimate of drug-likeness (QED) is 0.897. The zero-order chi connectivity index (χ0) is 14.9. The molecule has 0 amide bonds. The number of nitrogens with one attached hydrogen (secondary N) is 1. The van der Waals surface area contributed by atoms with Gasteiger partial charge in [0.1, 0.15) is 0 Å². The zero-order valence-corrected chi connectivity index (χ0v) is 14.5. The highest BCUT2D eigenvalue weighted by molar-refractivity contribution is 9.10. The summed E-state index contributed by atoms with van der Waals surface area (Å²) in [5.74, 6) is 0. The summed E-state index contributed by atoms with van der Waals surface area (Å²) in [5, 5.41) is 3.06. The van der Waals surface area contributed by atoms with Crippen LogP contribution in [0.4, 0.5) is 0 Å². The second kappa shape index (κ2) is 6.13. The summed E-state index contributed by atoms with van der Waals surface area (Å²) >= 11 is 3.47. The molecule has 0 spiro atoms. The molecule has 1 aliphatic heterocycles. The van der Waals surface area contributed by atoms with E-state index in [1.807, 2.05) is 27.0 Å². The SMILES string of the molecule is CNCc1cc(Br)c(C)c(S(=O)(=O)N2CCCC2C)c1. The van der Waals surface area contributed by atoms with E-state index in [4.69, 9.17) is 0 Å². The van der Waals surface area contributed by atoms with Crippen molar-refractivity contribution in [2.45, 2.75) is 44.2 Å². The molecular weight excluding hydrogens is 340 g/mol. The lowest BCUT2D eigenvalue weighted by Crippen LogP contribution is -2.34. The molecule has 1 aromatic rings. The molecule has 4 nitrogen and oxygen atoms in total. The Kier molecular flexibility index (Phi) is 4.89. The number of hydrogen-bond acceptors (Lipinski definition) is 3. The van der Waals surface area contributed by atoms with Crippen molar-refractivity contribution in [1.29, 1.82) is 0 Å². The summed E-state index contributed by atoms with van der Waals surface area (Å²) in [6.07, 6.45) is 1.88. The maximum atomic E-state index is 12.9. The van der Waals surface area contributed by atoms with Crippen LogP contribution in [0.5, 0.6) is 0 Å². The lowest BCUT2D eigenvalue weighted by atomic mass is 10.1. The van der Waals surface area contributed by atoms with Gasteiger partial charge in [0.2, 0.25) is 10.0 Å². The van der Waals surface area contributed by atoms with E-state index in [-0.39, 0.29) is 6.04 Å². The van der Waals surface area contributed by atoms with E-state index in [0.29, 0.717) is 18.0 Å². The van der Waals surface area contributed by atoms with Crippen LogP contribution in [0.15, 0.2) is 21.5 Å². The van der Waals surface area contributed by atoms with Gasteiger partial charge in [-0.25, -0.2) is 8.42 Å². The monoisotopic (exact) mass is 360 g/mol. The highest BCUT2D eigenvalue weighted by atomic mass is 79.9. The van der Waals surface area contributed by atoms with Crippen molar-refractivity contribution in [3.63, 3.8) is 0 Å². The van der Waals surface area contributed by atoms with Crippen LogP contribution in [0, 0.1) is 6.92 Å². The summed E-state index contributed by atoms with van der Waals surface area (Å²) in [5.41, 5.74) is 1.75. The molecule has 1 heterocycles. The van der Waals surface area contributed by atoms with Crippen LogP contribution < -0.4 is 5.32 Å². The largest absolute Gasteiger partial charge is 0.316 e. The summed E-state index contributed by atoms with van der Waals surface area (Å²) < 4.78 is 28.2. The number of halogens is 1. The van der Waals surface area contributed by atoms with Crippen LogP contribution in [-0.2, 0) is 16.6 Å². The minimum atomic E-state index is -3.41. The van der Waals surface area contributed by atoms with Gasteiger partial charge in [-0.1, -0.05) is 15.9 Å². The minimum absolute atomic E-state index is 0.0890. The van der Waals surface area contributed by atoms with Crippen LogP contribution in [0.3, 0.4) is 0 Å². The first-order valence-corrected chi connectivity index (χ1v) is 9.06. The molecule has 1 fully saturated rings. The standard InChI is InChI=1S/C14H21BrN2O2S/c1-10-5-4-6-17(10)20(18,19)14-8-12(9-16-3)7-13(15)11(14)2/h7-8,10,16H,4-6,9H2,1-3H3. The molecule has 1 aromatic carbocycles. The molecule has 1 atom stereocenters. The van der Waals surface area contributed by atoms with Crippen LogP contribution >= 0.6 is 15.9 Å². The van der Waals surface area contributed by atoms with Crippen molar-refractivity contribution in [2.24, 2.45) is 0 Å². The summed E-state index contributed by atoms with van der Waals surface area (Å²) in [6.45, 7) is 5.10. The first-order valence-electron chi connectivity index (χ1n) is 6.83. The van der Waals surface area contributed by atoms with E-state index in [2.05, 4.69) is 21.2 Å². The average molecular weight is 361 g/mol. The molecule has 20 heavy (non-hydrogen) atoms. The van der Waals surface area contributed by atoms with Crippen LogP contribution in [0.1, 0.15) is 30.9 Å². The first-order chi connectivity index (χ1) is 9.37. The molecule has 112 valence electrons. The third-order valence-electron chi connectivity index (χ3n) is 3.82. The van der Waals surface area contributed by atoms with Crippen molar-refractivity contribution in [1.82, 2.24) is 9.62 Å². The van der Waals surface area contributed by atoms with Gasteiger partial charge in [-0.3, -0.25) is 0 Å². The maximum Gasteiger partial charge on any atom is 0.243 e. The number of sulfonamides is 1. The van der Waals surface area contributed by atoms with Crippen molar-refractivity contribution in [2.75, 3.05) is 13.6 Å². The Labute approximate surface area is 129 Å². The zero-order valence-electron chi connectivity index (χ0n) is 12.1. The fraction of sp³-hybridized carbons (Fsp3) is 0.571. The van der Waals surface area contributed by atoms with Gasteiger partial charge in [0, 0.05) is 23.6 Å². The number of rotatable bonds is 4. The van der Waals surface area contributed by atoms with E-state index in [0.717, 1.165) is 28.4 Å². The fourth-order valence-corrected chi connectivity index (χ4v) is 5.31. The van der Waals surface area contributed by atoms with Crippen molar-refractivity contribution < 1.29 is 8.42 Å². The summed E-state index contributed by atoms with van der Waals surface area (Å²) in [7, 11) is -1.55. The molecule has 0 bridgehead atoms. The van der Waals surface area contributed by atoms with E-state index in [1.54, 1.807) is 10.4 Å². The smallest absolute Gasteiger partial charge is 0.243 e. The van der Waals surface area contributed by atoms with Crippen LogP contribution in [0.25, 0.3) is 0 Å². The van der Waals surface area contributed by atoms with Gasteiger partial charge in [0.15, 0.2) is 0 Å². The highest BCUT2D eigenvalue weighted by Crippen LogP contribution is 2.31. The fourth-order valence-electron chi connectivity index (χ4n) is 2.67. The van der Waals surface area contributed by atoms with Crippen molar-refractivity contribution >= 4 is 26.0 Å². The van der Waals surface area contributed by atoms with Gasteiger partial charge in [-0.2, -0.15) is 4.31 Å². The predicted octanol–water partition coefficient (Wildman–Crippen LogP) is 2.65. The van der Waals surface area contributed by atoms with Gasteiger partial charge in [0.05, 0.1) is 4.90 Å². The maximum absolute atomic E-state index is 12.9. The molecule has 0 saturated carbocycles. The summed E-state index contributed by atoms with van der Waals surface area (Å²) in [4.78, 5) is 0.422. The normalized spacial score (nSPS) is 20.5. The van der Waals surface area contributed by atoms with Gasteiger partial charge >= 0.3 is 0 Å². The van der Waals surface area contributed by atoms with E-state index >= 15 is 0 Å². The second-order valence-electron chi connectivity index (χ2n) is 5.34. The predicted molar refractivity (Wildman–Crippen MR) is 84.2 cm³/mol.